The lowest BCUT2D eigenvalue weighted by Crippen LogP contribution is -2.29. The minimum absolute atomic E-state index is 0.0200. The van der Waals surface area contributed by atoms with Gasteiger partial charge in [0.25, 0.3) is 11.6 Å². The lowest BCUT2D eigenvalue weighted by atomic mass is 10.0. The molecule has 0 bridgehead atoms. The molecule has 0 atom stereocenters. The van der Waals surface area contributed by atoms with Crippen molar-refractivity contribution >= 4 is 17.3 Å². The van der Waals surface area contributed by atoms with Gasteiger partial charge in [-0.1, -0.05) is 26.7 Å². The zero-order valence-electron chi connectivity index (χ0n) is 12.8. The Morgan fingerprint density at radius 3 is 2.48 bits per heavy atom. The molecule has 1 aromatic rings. The van der Waals surface area contributed by atoms with Crippen LogP contribution in [0.3, 0.4) is 0 Å². The number of amides is 1. The van der Waals surface area contributed by atoms with Crippen LogP contribution in [0.2, 0.25) is 0 Å². The second-order valence-electron chi connectivity index (χ2n) is 4.91. The number of benzene rings is 1. The number of nitrogens with zero attached hydrogens (tertiary/aromatic N) is 1. The van der Waals surface area contributed by atoms with E-state index in [1.54, 1.807) is 0 Å². The van der Waals surface area contributed by atoms with Crippen molar-refractivity contribution in [2.75, 3.05) is 18.4 Å². The number of carbonyl (C=O) groups is 1. The first kappa shape index (κ1) is 16.9. The topological polar surface area (TPSA) is 84.3 Å². The monoisotopic (exact) mass is 293 g/mol. The molecule has 21 heavy (non-hydrogen) atoms. The van der Waals surface area contributed by atoms with Gasteiger partial charge in [-0.3, -0.25) is 14.9 Å². The third-order valence-corrected chi connectivity index (χ3v) is 3.53. The van der Waals surface area contributed by atoms with Crippen molar-refractivity contribution < 1.29 is 9.72 Å². The van der Waals surface area contributed by atoms with Crippen LogP contribution in [0.25, 0.3) is 0 Å². The maximum Gasteiger partial charge on any atom is 0.292 e. The quantitative estimate of drug-likeness (QED) is 0.569. The first-order valence-corrected chi connectivity index (χ1v) is 7.33. The Balaban J connectivity index is 2.85. The van der Waals surface area contributed by atoms with Crippen molar-refractivity contribution in [1.29, 1.82) is 0 Å². The van der Waals surface area contributed by atoms with Gasteiger partial charge < -0.3 is 10.6 Å². The van der Waals surface area contributed by atoms with E-state index in [0.29, 0.717) is 30.3 Å². The van der Waals surface area contributed by atoms with Gasteiger partial charge in [-0.15, -0.1) is 0 Å². The molecule has 0 aliphatic carbocycles. The van der Waals surface area contributed by atoms with Gasteiger partial charge in [0.2, 0.25) is 0 Å². The maximum atomic E-state index is 12.1. The molecule has 0 aliphatic rings. The summed E-state index contributed by atoms with van der Waals surface area (Å²) in [6, 6.07) is 4.38. The highest BCUT2D eigenvalue weighted by Gasteiger charge is 2.16. The van der Waals surface area contributed by atoms with Crippen LogP contribution in [-0.2, 0) is 0 Å². The second-order valence-corrected chi connectivity index (χ2v) is 4.91. The van der Waals surface area contributed by atoms with Crippen LogP contribution < -0.4 is 10.6 Å². The molecular weight excluding hydrogens is 270 g/mol. The molecule has 0 saturated heterocycles. The number of anilines is 1. The number of hydrogen-bond acceptors (Lipinski definition) is 4. The van der Waals surface area contributed by atoms with Crippen LogP contribution in [0.1, 0.15) is 44.0 Å². The van der Waals surface area contributed by atoms with E-state index in [0.717, 1.165) is 12.8 Å². The molecule has 0 heterocycles. The molecule has 0 saturated carbocycles. The van der Waals surface area contributed by atoms with Gasteiger partial charge in [0.05, 0.1) is 4.92 Å². The smallest absolute Gasteiger partial charge is 0.292 e. The third kappa shape index (κ3) is 4.73. The normalized spacial score (nSPS) is 10.5. The summed E-state index contributed by atoms with van der Waals surface area (Å²) >= 11 is 0. The molecule has 0 aliphatic heterocycles. The molecule has 0 unspecified atom stereocenters. The van der Waals surface area contributed by atoms with Crippen LogP contribution in [0.15, 0.2) is 18.2 Å². The summed E-state index contributed by atoms with van der Waals surface area (Å²) in [6.07, 6.45) is 2.03. The van der Waals surface area contributed by atoms with Crippen molar-refractivity contribution in [3.05, 3.63) is 33.9 Å². The highest BCUT2D eigenvalue weighted by molar-refractivity contribution is 5.95. The first-order chi connectivity index (χ1) is 10.0. The molecule has 0 spiro atoms. The predicted octanol–water partition coefficient (Wildman–Crippen LogP) is 3.19. The van der Waals surface area contributed by atoms with E-state index in [2.05, 4.69) is 24.5 Å². The second kappa shape index (κ2) is 8.24. The SMILES string of the molecule is CCNc1cc(C(=O)NCC(CC)CC)ccc1[N+](=O)[O-]. The van der Waals surface area contributed by atoms with E-state index < -0.39 is 4.92 Å². The standard InChI is InChI=1S/C15H23N3O3/c1-4-11(5-2)10-17-15(19)12-7-8-14(18(20)21)13(9-12)16-6-3/h7-9,11,16H,4-6,10H2,1-3H3,(H,17,19). The van der Waals surface area contributed by atoms with E-state index in [1.807, 2.05) is 6.92 Å². The van der Waals surface area contributed by atoms with Gasteiger partial charge in [0.15, 0.2) is 0 Å². The van der Waals surface area contributed by atoms with Gasteiger partial charge in [-0.25, -0.2) is 0 Å². The van der Waals surface area contributed by atoms with Crippen molar-refractivity contribution in [3.8, 4) is 0 Å². The fourth-order valence-electron chi connectivity index (χ4n) is 2.08. The van der Waals surface area contributed by atoms with E-state index in [1.165, 1.54) is 18.2 Å². The fraction of sp³-hybridized carbons (Fsp3) is 0.533. The largest absolute Gasteiger partial charge is 0.380 e. The molecule has 2 N–H and O–H groups in total. The van der Waals surface area contributed by atoms with Crippen molar-refractivity contribution in [2.24, 2.45) is 5.92 Å². The molecule has 0 fully saturated rings. The van der Waals surface area contributed by atoms with Crippen molar-refractivity contribution in [3.63, 3.8) is 0 Å². The predicted molar refractivity (Wildman–Crippen MR) is 83.7 cm³/mol. The molecule has 0 aromatic heterocycles. The minimum atomic E-state index is -0.454. The fourth-order valence-corrected chi connectivity index (χ4v) is 2.08. The summed E-state index contributed by atoms with van der Waals surface area (Å²) in [5.41, 5.74) is 0.786. The summed E-state index contributed by atoms with van der Waals surface area (Å²) in [6.45, 7) is 7.22. The average Bonchev–Trinajstić information content (AvgIpc) is 2.48. The van der Waals surface area contributed by atoms with E-state index in [-0.39, 0.29) is 11.6 Å². The van der Waals surface area contributed by atoms with Gasteiger partial charge in [-0.2, -0.15) is 0 Å². The highest BCUT2D eigenvalue weighted by atomic mass is 16.6. The van der Waals surface area contributed by atoms with Crippen molar-refractivity contribution in [2.45, 2.75) is 33.6 Å². The number of nitro groups is 1. The average molecular weight is 293 g/mol. The van der Waals surface area contributed by atoms with Crippen LogP contribution in [0.5, 0.6) is 0 Å². The van der Waals surface area contributed by atoms with Crippen molar-refractivity contribution in [1.82, 2.24) is 5.32 Å². The Hall–Kier alpha value is -2.11. The van der Waals surface area contributed by atoms with Crippen LogP contribution in [-0.4, -0.2) is 23.9 Å². The Morgan fingerprint density at radius 2 is 1.95 bits per heavy atom. The lowest BCUT2D eigenvalue weighted by molar-refractivity contribution is -0.384. The minimum Gasteiger partial charge on any atom is -0.380 e. The molecule has 1 rings (SSSR count). The van der Waals surface area contributed by atoms with Crippen LogP contribution in [0, 0.1) is 16.0 Å². The molecule has 6 nitrogen and oxygen atoms in total. The Labute approximate surface area is 125 Å². The summed E-state index contributed by atoms with van der Waals surface area (Å²) in [5, 5.41) is 16.7. The number of nitro benzene ring substituents is 1. The molecular formula is C15H23N3O3. The maximum absolute atomic E-state index is 12.1. The highest BCUT2D eigenvalue weighted by Crippen LogP contribution is 2.25. The summed E-state index contributed by atoms with van der Waals surface area (Å²) in [7, 11) is 0. The number of hydrogen-bond donors (Lipinski definition) is 2. The summed E-state index contributed by atoms with van der Waals surface area (Å²) in [5.74, 6) is 0.260. The molecule has 116 valence electrons. The zero-order chi connectivity index (χ0) is 15.8. The van der Waals surface area contributed by atoms with Crippen LogP contribution >= 0.6 is 0 Å². The molecule has 6 heteroatoms. The Bertz CT molecular complexity index is 499. The van der Waals surface area contributed by atoms with E-state index in [9.17, 15) is 14.9 Å². The first-order valence-electron chi connectivity index (χ1n) is 7.33. The van der Waals surface area contributed by atoms with Gasteiger partial charge in [0, 0.05) is 24.7 Å². The third-order valence-electron chi connectivity index (χ3n) is 3.53. The summed E-state index contributed by atoms with van der Waals surface area (Å²) < 4.78 is 0. The molecule has 0 radical (unpaired) electrons. The van der Waals surface area contributed by atoms with E-state index >= 15 is 0 Å². The van der Waals surface area contributed by atoms with Crippen LogP contribution in [0.4, 0.5) is 11.4 Å². The van der Waals surface area contributed by atoms with E-state index in [4.69, 9.17) is 0 Å². The molecule has 1 amide bonds. The molecule has 1 aromatic carbocycles. The summed E-state index contributed by atoms with van der Waals surface area (Å²) in [4.78, 5) is 22.6. The van der Waals surface area contributed by atoms with Gasteiger partial charge in [0.1, 0.15) is 5.69 Å². The number of carbonyl (C=O) groups excluding carboxylic acids is 1. The zero-order valence-corrected chi connectivity index (χ0v) is 12.8. The Kier molecular flexibility index (Phi) is 6.65. The lowest BCUT2D eigenvalue weighted by Gasteiger charge is -2.13. The van der Waals surface area contributed by atoms with Gasteiger partial charge >= 0.3 is 0 Å². The van der Waals surface area contributed by atoms with Gasteiger partial charge in [-0.05, 0) is 25.0 Å². The Morgan fingerprint density at radius 1 is 1.29 bits per heavy atom. The number of rotatable bonds is 8. The number of nitrogens with one attached hydrogen (secondary N) is 2.